The summed E-state index contributed by atoms with van der Waals surface area (Å²) in [5.41, 5.74) is 3.47. The maximum Gasteiger partial charge on any atom is 0.269 e. The third-order valence-electron chi connectivity index (χ3n) is 7.78. The molecule has 31 heavy (non-hydrogen) atoms. The zero-order chi connectivity index (χ0) is 21.6. The van der Waals surface area contributed by atoms with Crippen molar-refractivity contribution in [3.05, 3.63) is 64.2 Å². The number of anilines is 2. The average molecular weight is 421 g/mol. The van der Waals surface area contributed by atoms with Crippen molar-refractivity contribution in [3.8, 4) is 0 Å². The summed E-state index contributed by atoms with van der Waals surface area (Å²) in [5.74, 6) is 3.65. The van der Waals surface area contributed by atoms with Crippen molar-refractivity contribution in [2.24, 2.45) is 17.8 Å². The highest BCUT2D eigenvalue weighted by molar-refractivity contribution is 5.61. The van der Waals surface area contributed by atoms with Crippen molar-refractivity contribution < 1.29 is 4.92 Å². The highest BCUT2D eigenvalue weighted by Crippen LogP contribution is 2.44. The van der Waals surface area contributed by atoms with Gasteiger partial charge in [0, 0.05) is 23.5 Å². The third kappa shape index (κ3) is 5.66. The van der Waals surface area contributed by atoms with Gasteiger partial charge in [-0.3, -0.25) is 10.1 Å². The summed E-state index contributed by atoms with van der Waals surface area (Å²) in [6.45, 7) is 2.33. The fraction of sp³-hybridized carbons (Fsp3) is 0.556. The molecule has 4 nitrogen and oxygen atoms in total. The Hall–Kier alpha value is -2.36. The molecule has 2 aromatic rings. The second-order valence-electron chi connectivity index (χ2n) is 9.73. The Balaban J connectivity index is 1.26. The van der Waals surface area contributed by atoms with Crippen LogP contribution in [0.25, 0.3) is 0 Å². The SMILES string of the molecule is CCCC1CCC(C2CCC(c3ccc(Nc4ccc([N+](=O)[O-])cc4)cc3)CC2)CC1. The van der Waals surface area contributed by atoms with Gasteiger partial charge in [0.2, 0.25) is 0 Å². The molecule has 4 rings (SSSR count). The number of nitro groups is 1. The van der Waals surface area contributed by atoms with Crippen LogP contribution < -0.4 is 5.32 Å². The second-order valence-corrected chi connectivity index (χ2v) is 9.73. The first-order chi connectivity index (χ1) is 15.1. The lowest BCUT2D eigenvalue weighted by molar-refractivity contribution is -0.384. The number of non-ortho nitro benzene ring substituents is 1. The molecule has 0 spiro atoms. The van der Waals surface area contributed by atoms with Crippen LogP contribution in [0.4, 0.5) is 17.1 Å². The van der Waals surface area contributed by atoms with Crippen LogP contribution in [0.15, 0.2) is 48.5 Å². The minimum absolute atomic E-state index is 0.116. The van der Waals surface area contributed by atoms with Gasteiger partial charge < -0.3 is 5.32 Å². The lowest BCUT2D eigenvalue weighted by Gasteiger charge is -2.38. The Bertz CT molecular complexity index is 831. The van der Waals surface area contributed by atoms with Gasteiger partial charge in [-0.2, -0.15) is 0 Å². The normalized spacial score (nSPS) is 26.4. The van der Waals surface area contributed by atoms with E-state index in [1.54, 1.807) is 12.1 Å². The lowest BCUT2D eigenvalue weighted by Crippen LogP contribution is -2.25. The number of hydrogen-bond acceptors (Lipinski definition) is 3. The minimum atomic E-state index is -0.370. The van der Waals surface area contributed by atoms with Crippen molar-refractivity contribution in [3.63, 3.8) is 0 Å². The van der Waals surface area contributed by atoms with E-state index in [0.717, 1.165) is 29.1 Å². The maximum absolute atomic E-state index is 10.8. The summed E-state index contributed by atoms with van der Waals surface area (Å²) in [5, 5.41) is 14.1. The van der Waals surface area contributed by atoms with E-state index in [4.69, 9.17) is 0 Å². The fourth-order valence-electron chi connectivity index (χ4n) is 5.95. The number of nitrogens with one attached hydrogen (secondary N) is 1. The zero-order valence-corrected chi connectivity index (χ0v) is 18.8. The molecule has 0 unspecified atom stereocenters. The van der Waals surface area contributed by atoms with E-state index >= 15 is 0 Å². The first-order valence-electron chi connectivity index (χ1n) is 12.2. The number of hydrogen-bond donors (Lipinski definition) is 1. The molecule has 2 aromatic carbocycles. The molecule has 1 N–H and O–H groups in total. The average Bonchev–Trinajstić information content (AvgIpc) is 2.81. The van der Waals surface area contributed by atoms with Gasteiger partial charge in [-0.05, 0) is 92.0 Å². The molecule has 166 valence electrons. The van der Waals surface area contributed by atoms with Crippen LogP contribution in [-0.4, -0.2) is 4.92 Å². The fourth-order valence-corrected chi connectivity index (χ4v) is 5.95. The Kier molecular flexibility index (Phi) is 7.26. The number of nitro benzene ring substituents is 1. The molecule has 0 radical (unpaired) electrons. The van der Waals surface area contributed by atoms with Gasteiger partial charge in [-0.1, -0.05) is 44.7 Å². The van der Waals surface area contributed by atoms with Gasteiger partial charge >= 0.3 is 0 Å². The van der Waals surface area contributed by atoms with Crippen molar-refractivity contribution in [1.29, 1.82) is 0 Å². The summed E-state index contributed by atoms with van der Waals surface area (Å²) >= 11 is 0. The topological polar surface area (TPSA) is 55.2 Å². The summed E-state index contributed by atoms with van der Waals surface area (Å²) in [6, 6.07) is 15.4. The second kappa shape index (κ2) is 10.3. The van der Waals surface area contributed by atoms with E-state index in [-0.39, 0.29) is 10.6 Å². The van der Waals surface area contributed by atoms with Crippen LogP contribution in [0.1, 0.15) is 82.6 Å². The molecular formula is C27H36N2O2. The number of benzene rings is 2. The van der Waals surface area contributed by atoms with Crippen LogP contribution in [0.5, 0.6) is 0 Å². The van der Waals surface area contributed by atoms with Crippen molar-refractivity contribution in [2.45, 2.75) is 77.0 Å². The van der Waals surface area contributed by atoms with E-state index in [1.807, 2.05) is 0 Å². The Morgan fingerprint density at radius 2 is 1.32 bits per heavy atom. The largest absolute Gasteiger partial charge is 0.356 e. The van der Waals surface area contributed by atoms with E-state index in [2.05, 4.69) is 36.5 Å². The molecule has 0 aromatic heterocycles. The number of nitrogens with zero attached hydrogens (tertiary/aromatic N) is 1. The molecule has 4 heteroatoms. The van der Waals surface area contributed by atoms with E-state index < -0.39 is 0 Å². The molecule has 0 atom stereocenters. The highest BCUT2D eigenvalue weighted by Gasteiger charge is 2.31. The van der Waals surface area contributed by atoms with E-state index in [0.29, 0.717) is 5.92 Å². The monoisotopic (exact) mass is 420 g/mol. The Labute approximate surface area is 186 Å². The molecule has 0 heterocycles. The van der Waals surface area contributed by atoms with Gasteiger partial charge in [-0.25, -0.2) is 0 Å². The molecule has 0 amide bonds. The molecule has 0 saturated heterocycles. The summed E-state index contributed by atoms with van der Waals surface area (Å²) in [6.07, 6.45) is 14.1. The highest BCUT2D eigenvalue weighted by atomic mass is 16.6. The molecule has 2 fully saturated rings. The van der Waals surface area contributed by atoms with Crippen LogP contribution in [0, 0.1) is 27.9 Å². The van der Waals surface area contributed by atoms with Crippen molar-refractivity contribution in [1.82, 2.24) is 0 Å². The van der Waals surface area contributed by atoms with E-state index in [1.165, 1.54) is 81.9 Å². The third-order valence-corrected chi connectivity index (χ3v) is 7.78. The van der Waals surface area contributed by atoms with Crippen LogP contribution in [0.3, 0.4) is 0 Å². The van der Waals surface area contributed by atoms with Crippen LogP contribution in [-0.2, 0) is 0 Å². The minimum Gasteiger partial charge on any atom is -0.356 e. The van der Waals surface area contributed by atoms with Gasteiger partial charge in [0.25, 0.3) is 5.69 Å². The summed E-state index contributed by atoms with van der Waals surface area (Å²) < 4.78 is 0. The van der Waals surface area contributed by atoms with Crippen molar-refractivity contribution >= 4 is 17.1 Å². The molecule has 2 aliphatic carbocycles. The van der Waals surface area contributed by atoms with E-state index in [9.17, 15) is 10.1 Å². The summed E-state index contributed by atoms with van der Waals surface area (Å²) in [4.78, 5) is 10.4. The summed E-state index contributed by atoms with van der Waals surface area (Å²) in [7, 11) is 0. The van der Waals surface area contributed by atoms with Gasteiger partial charge in [0.1, 0.15) is 0 Å². The predicted octanol–water partition coefficient (Wildman–Crippen LogP) is 8.22. The smallest absolute Gasteiger partial charge is 0.269 e. The molecule has 0 aliphatic heterocycles. The van der Waals surface area contributed by atoms with Gasteiger partial charge in [0.15, 0.2) is 0 Å². The van der Waals surface area contributed by atoms with Gasteiger partial charge in [0.05, 0.1) is 4.92 Å². The lowest BCUT2D eigenvalue weighted by atomic mass is 9.68. The molecule has 0 bridgehead atoms. The van der Waals surface area contributed by atoms with Crippen molar-refractivity contribution in [2.75, 3.05) is 5.32 Å². The Morgan fingerprint density at radius 1 is 0.806 bits per heavy atom. The molecular weight excluding hydrogens is 384 g/mol. The van der Waals surface area contributed by atoms with Crippen LogP contribution in [0.2, 0.25) is 0 Å². The quantitative estimate of drug-likeness (QED) is 0.362. The predicted molar refractivity (Wildman–Crippen MR) is 128 cm³/mol. The first kappa shape index (κ1) is 21.9. The van der Waals surface area contributed by atoms with Crippen LogP contribution >= 0.6 is 0 Å². The first-order valence-corrected chi connectivity index (χ1v) is 12.2. The Morgan fingerprint density at radius 3 is 1.84 bits per heavy atom. The number of rotatable bonds is 7. The molecule has 2 aliphatic rings. The standard InChI is InChI=1S/C27H36N2O2/c1-2-3-20-4-6-21(7-5-20)22-8-10-23(11-9-22)24-12-14-25(15-13-24)28-26-16-18-27(19-17-26)29(30)31/h12-23,28H,2-11H2,1H3. The zero-order valence-electron chi connectivity index (χ0n) is 18.8. The van der Waals surface area contributed by atoms with Gasteiger partial charge in [-0.15, -0.1) is 0 Å². The molecule has 2 saturated carbocycles. The maximum atomic E-state index is 10.8.